The van der Waals surface area contributed by atoms with Gasteiger partial charge in [0.05, 0.1) is 17.3 Å². The molecule has 0 spiro atoms. The van der Waals surface area contributed by atoms with Crippen LogP contribution in [0.15, 0.2) is 139 Å². The quantitative estimate of drug-likeness (QED) is 0.124. The van der Waals surface area contributed by atoms with E-state index in [0.29, 0.717) is 23.3 Å². The van der Waals surface area contributed by atoms with Crippen molar-refractivity contribution in [2.75, 3.05) is 0 Å². The minimum Gasteiger partial charge on any atom is -0.405 e. The Morgan fingerprint density at radius 2 is 1.18 bits per heavy atom. The highest BCUT2D eigenvalue weighted by Crippen LogP contribution is 2.39. The summed E-state index contributed by atoms with van der Waals surface area (Å²) in [6, 6.07) is 42.7. The second kappa shape index (κ2) is 11.2. The zero-order valence-electron chi connectivity index (χ0n) is 23.8. The van der Waals surface area contributed by atoms with Gasteiger partial charge in [-0.15, -0.1) is 0 Å². The molecule has 0 atom stereocenters. The average molecular weight is 563 g/mol. The Hall–Kier alpha value is -6.23. The van der Waals surface area contributed by atoms with Gasteiger partial charge in [0.25, 0.3) is 0 Å². The standard InChI is InChI=1S/C40H26N4/c41-17-1-3-27(24-42)19-26-5-7-28(8-6-26)36-20-31-13-15-33-22-37(23-34-16-14-32(21-36)38(31)39(33)34)29-9-11-30(12-10-29)40-35(25-43)4-2-18-44-40/h1-18,20-23H,19,41H2/b17-1-,27-3+. The van der Waals surface area contributed by atoms with E-state index in [-0.39, 0.29) is 0 Å². The molecule has 7 aromatic rings. The van der Waals surface area contributed by atoms with E-state index in [9.17, 15) is 10.5 Å². The molecule has 0 saturated carbocycles. The lowest BCUT2D eigenvalue weighted by Gasteiger charge is -2.15. The molecule has 2 N–H and O–H groups in total. The number of rotatable bonds is 6. The fourth-order valence-corrected chi connectivity index (χ4v) is 6.06. The van der Waals surface area contributed by atoms with E-state index in [1.54, 1.807) is 30.5 Å². The third-order valence-electron chi connectivity index (χ3n) is 8.19. The van der Waals surface area contributed by atoms with Crippen molar-refractivity contribution < 1.29 is 0 Å². The Bertz CT molecular complexity index is 2250. The van der Waals surface area contributed by atoms with Crippen molar-refractivity contribution in [3.63, 3.8) is 0 Å². The van der Waals surface area contributed by atoms with Crippen LogP contribution in [0.25, 0.3) is 65.8 Å². The summed E-state index contributed by atoms with van der Waals surface area (Å²) in [6.45, 7) is 0. The van der Waals surface area contributed by atoms with Crippen LogP contribution in [0.3, 0.4) is 0 Å². The molecule has 0 saturated heterocycles. The van der Waals surface area contributed by atoms with E-state index in [2.05, 4.69) is 102 Å². The smallest absolute Gasteiger partial charge is 0.101 e. The normalized spacial score (nSPS) is 11.8. The SMILES string of the molecule is N#C/C(=C/C=C\N)Cc1ccc(-c2cc3ccc4cc(-c5ccc(-c6ncccc6C#N)cc5)cc5ccc(c2)c3c45)cc1. The molecule has 0 radical (unpaired) electrons. The summed E-state index contributed by atoms with van der Waals surface area (Å²) in [5, 5.41) is 26.3. The number of benzene rings is 6. The molecule has 0 amide bonds. The van der Waals surface area contributed by atoms with E-state index in [1.807, 2.05) is 12.1 Å². The van der Waals surface area contributed by atoms with Crippen LogP contribution in [0.1, 0.15) is 11.1 Å². The summed E-state index contributed by atoms with van der Waals surface area (Å²) in [4.78, 5) is 4.43. The molecular weight excluding hydrogens is 536 g/mol. The summed E-state index contributed by atoms with van der Waals surface area (Å²) >= 11 is 0. The van der Waals surface area contributed by atoms with Crippen LogP contribution >= 0.6 is 0 Å². The minimum absolute atomic E-state index is 0.570. The molecule has 0 bridgehead atoms. The number of hydrogen-bond acceptors (Lipinski definition) is 4. The van der Waals surface area contributed by atoms with Crippen molar-refractivity contribution in [2.45, 2.75) is 6.42 Å². The van der Waals surface area contributed by atoms with Gasteiger partial charge in [-0.2, -0.15) is 10.5 Å². The Balaban J connectivity index is 1.23. The van der Waals surface area contributed by atoms with Gasteiger partial charge >= 0.3 is 0 Å². The molecule has 1 aromatic heterocycles. The number of aromatic nitrogens is 1. The molecular formula is C40H26N4. The van der Waals surface area contributed by atoms with Gasteiger partial charge < -0.3 is 5.73 Å². The van der Waals surface area contributed by atoms with Crippen LogP contribution in [0.5, 0.6) is 0 Å². The highest BCUT2D eigenvalue weighted by molar-refractivity contribution is 6.24. The van der Waals surface area contributed by atoms with Crippen molar-refractivity contribution in [3.05, 3.63) is 150 Å². The molecule has 0 aliphatic rings. The molecule has 6 aromatic carbocycles. The number of nitrogens with zero attached hydrogens (tertiary/aromatic N) is 3. The second-order valence-electron chi connectivity index (χ2n) is 10.9. The van der Waals surface area contributed by atoms with Crippen molar-refractivity contribution in [1.29, 1.82) is 10.5 Å². The van der Waals surface area contributed by atoms with Crippen LogP contribution < -0.4 is 5.73 Å². The molecule has 7 rings (SSSR count). The number of hydrogen-bond donors (Lipinski definition) is 1. The maximum Gasteiger partial charge on any atom is 0.101 e. The predicted octanol–water partition coefficient (Wildman–Crippen LogP) is 9.32. The molecule has 1 heterocycles. The molecule has 44 heavy (non-hydrogen) atoms. The lowest BCUT2D eigenvalue weighted by Crippen LogP contribution is -1.90. The number of pyridine rings is 1. The Labute approximate surface area is 255 Å². The maximum atomic E-state index is 9.48. The van der Waals surface area contributed by atoms with Gasteiger partial charge in [0.1, 0.15) is 6.07 Å². The fourth-order valence-electron chi connectivity index (χ4n) is 6.06. The number of allylic oxidation sites excluding steroid dienone is 3. The van der Waals surface area contributed by atoms with Gasteiger partial charge in [0, 0.05) is 23.8 Å². The highest BCUT2D eigenvalue weighted by Gasteiger charge is 2.13. The van der Waals surface area contributed by atoms with Gasteiger partial charge in [-0.3, -0.25) is 4.98 Å². The van der Waals surface area contributed by atoms with Crippen LogP contribution in [0, 0.1) is 22.7 Å². The summed E-state index contributed by atoms with van der Waals surface area (Å²) < 4.78 is 0. The monoisotopic (exact) mass is 562 g/mol. The lowest BCUT2D eigenvalue weighted by molar-refractivity contribution is 1.20. The first kappa shape index (κ1) is 26.7. The molecule has 4 heteroatoms. The summed E-state index contributed by atoms with van der Waals surface area (Å²) in [5.74, 6) is 0. The fraction of sp³-hybridized carbons (Fsp3) is 0.0250. The van der Waals surface area contributed by atoms with Gasteiger partial charge in [-0.05, 0) is 115 Å². The van der Waals surface area contributed by atoms with E-state index >= 15 is 0 Å². The number of nitrogens with two attached hydrogens (primary N) is 1. The van der Waals surface area contributed by atoms with Gasteiger partial charge in [0.2, 0.25) is 0 Å². The first-order valence-electron chi connectivity index (χ1n) is 14.4. The van der Waals surface area contributed by atoms with Crippen molar-refractivity contribution >= 4 is 32.3 Å². The molecule has 0 fully saturated rings. The average Bonchev–Trinajstić information content (AvgIpc) is 3.09. The third-order valence-corrected chi connectivity index (χ3v) is 8.19. The first-order chi connectivity index (χ1) is 21.6. The first-order valence-corrected chi connectivity index (χ1v) is 14.4. The summed E-state index contributed by atoms with van der Waals surface area (Å²) in [5.41, 5.74) is 13.9. The molecule has 0 aliphatic carbocycles. The summed E-state index contributed by atoms with van der Waals surface area (Å²) in [6.07, 6.45) is 7.16. The second-order valence-corrected chi connectivity index (χ2v) is 10.9. The Morgan fingerprint density at radius 3 is 1.68 bits per heavy atom. The van der Waals surface area contributed by atoms with Crippen molar-refractivity contribution in [3.8, 4) is 45.6 Å². The predicted molar refractivity (Wildman–Crippen MR) is 180 cm³/mol. The third kappa shape index (κ3) is 4.81. The van der Waals surface area contributed by atoms with Crippen molar-refractivity contribution in [1.82, 2.24) is 4.98 Å². The summed E-state index contributed by atoms with van der Waals surface area (Å²) in [7, 11) is 0. The lowest BCUT2D eigenvalue weighted by atomic mass is 9.89. The van der Waals surface area contributed by atoms with Gasteiger partial charge in [-0.25, -0.2) is 0 Å². The Kier molecular flexibility index (Phi) is 6.79. The van der Waals surface area contributed by atoms with E-state index in [0.717, 1.165) is 33.4 Å². The zero-order chi connectivity index (χ0) is 30.0. The van der Waals surface area contributed by atoms with Gasteiger partial charge in [-0.1, -0.05) is 72.8 Å². The van der Waals surface area contributed by atoms with Gasteiger partial charge in [0.15, 0.2) is 0 Å². The van der Waals surface area contributed by atoms with E-state index in [4.69, 9.17) is 5.73 Å². The van der Waals surface area contributed by atoms with Crippen LogP contribution in [0.4, 0.5) is 0 Å². The number of nitriles is 2. The van der Waals surface area contributed by atoms with E-state index in [1.165, 1.54) is 38.5 Å². The molecule has 206 valence electrons. The maximum absolute atomic E-state index is 9.48. The van der Waals surface area contributed by atoms with Crippen LogP contribution in [-0.4, -0.2) is 4.98 Å². The topological polar surface area (TPSA) is 86.5 Å². The largest absolute Gasteiger partial charge is 0.405 e. The molecule has 4 nitrogen and oxygen atoms in total. The highest BCUT2D eigenvalue weighted by atomic mass is 14.7. The molecule has 0 aliphatic heterocycles. The van der Waals surface area contributed by atoms with Crippen molar-refractivity contribution in [2.24, 2.45) is 5.73 Å². The molecule has 0 unspecified atom stereocenters. The zero-order valence-corrected chi connectivity index (χ0v) is 23.8. The van der Waals surface area contributed by atoms with E-state index < -0.39 is 0 Å². The van der Waals surface area contributed by atoms with Crippen LogP contribution in [-0.2, 0) is 6.42 Å². The van der Waals surface area contributed by atoms with Crippen LogP contribution in [0.2, 0.25) is 0 Å². The Morgan fingerprint density at radius 1 is 0.659 bits per heavy atom. The minimum atomic E-state index is 0.570.